The van der Waals surface area contributed by atoms with E-state index in [1.54, 1.807) is 6.92 Å². The van der Waals surface area contributed by atoms with E-state index in [1.807, 2.05) is 0 Å². The van der Waals surface area contributed by atoms with E-state index in [0.717, 1.165) is 0 Å². The van der Waals surface area contributed by atoms with Crippen LogP contribution in [0.5, 0.6) is 11.5 Å². The van der Waals surface area contributed by atoms with Crippen LogP contribution in [0.15, 0.2) is 12.1 Å². The van der Waals surface area contributed by atoms with Crippen molar-refractivity contribution >= 4 is 23.9 Å². The zero-order valence-corrected chi connectivity index (χ0v) is 9.82. The number of ether oxygens (including phenoxy) is 2. The Balaban J connectivity index is 3.06. The van der Waals surface area contributed by atoms with Gasteiger partial charge in [0.25, 0.3) is 0 Å². The summed E-state index contributed by atoms with van der Waals surface area (Å²) in [7, 11) is 0. The van der Waals surface area contributed by atoms with Crippen molar-refractivity contribution < 1.29 is 24.2 Å². The predicted molar refractivity (Wildman–Crippen MR) is 58.5 cm³/mol. The number of hydrogen-bond acceptors (Lipinski definition) is 5. The molecule has 0 amide bonds. The topological polar surface area (TPSA) is 75.7 Å². The first kappa shape index (κ1) is 13.3. The molecule has 0 unspecified atom stereocenters. The van der Waals surface area contributed by atoms with Crippen LogP contribution in [0.25, 0.3) is 0 Å². The number of aliphatic carboxylic acids is 1. The molecule has 0 aliphatic carbocycles. The van der Waals surface area contributed by atoms with Crippen molar-refractivity contribution in [1.82, 2.24) is 0 Å². The highest BCUT2D eigenvalue weighted by molar-refractivity contribution is 6.32. The molecule has 0 heterocycles. The normalized spacial score (nSPS) is 9.76. The minimum absolute atomic E-state index is 0.0864. The van der Waals surface area contributed by atoms with Gasteiger partial charge in [0.15, 0.2) is 11.5 Å². The molecule has 0 saturated heterocycles. The second-order valence-corrected chi connectivity index (χ2v) is 3.45. The summed E-state index contributed by atoms with van der Waals surface area (Å²) in [6, 6.07) is 2.79. The van der Waals surface area contributed by atoms with Crippen LogP contribution in [-0.2, 0) is 4.79 Å². The summed E-state index contributed by atoms with van der Waals surface area (Å²) in [5.74, 6) is -1.06. The van der Waals surface area contributed by atoms with Crippen molar-refractivity contribution in [2.24, 2.45) is 0 Å². The van der Waals surface area contributed by atoms with E-state index in [2.05, 4.69) is 0 Å². The highest BCUT2D eigenvalue weighted by atomic mass is 35.5. The average Bonchev–Trinajstić information content (AvgIpc) is 2.27. The van der Waals surface area contributed by atoms with Gasteiger partial charge in [-0.1, -0.05) is 11.6 Å². The monoisotopic (exact) mass is 257 g/mol. The molecule has 0 aliphatic heterocycles. The summed E-state index contributed by atoms with van der Waals surface area (Å²) < 4.78 is 10.2. The van der Waals surface area contributed by atoms with E-state index in [9.17, 15) is 14.7 Å². The maximum atomic E-state index is 10.6. The van der Waals surface area contributed by atoms with Crippen LogP contribution in [-0.4, -0.2) is 25.5 Å². The number of carbonyl (C=O) groups excluding carboxylic acids is 2. The largest absolute Gasteiger partial charge is 0.546 e. The molecule has 6 heteroatoms. The van der Waals surface area contributed by atoms with Crippen molar-refractivity contribution in [1.29, 1.82) is 0 Å². The van der Waals surface area contributed by atoms with Crippen LogP contribution in [0, 0.1) is 0 Å². The third kappa shape index (κ3) is 3.64. The van der Waals surface area contributed by atoms with Crippen LogP contribution < -0.4 is 14.6 Å². The Labute approximate surface area is 103 Å². The first-order valence-corrected chi connectivity index (χ1v) is 5.20. The van der Waals surface area contributed by atoms with Gasteiger partial charge in [0, 0.05) is 5.56 Å². The minimum atomic E-state index is -1.37. The smallest absolute Gasteiger partial charge is 0.180 e. The number of carboxylic acids is 1. The third-order valence-corrected chi connectivity index (χ3v) is 2.08. The molecule has 5 nitrogen and oxygen atoms in total. The molecule has 1 rings (SSSR count). The fraction of sp³-hybridized carbons (Fsp3) is 0.273. The van der Waals surface area contributed by atoms with Crippen LogP contribution in [0.2, 0.25) is 5.02 Å². The van der Waals surface area contributed by atoms with Crippen LogP contribution >= 0.6 is 11.6 Å². The van der Waals surface area contributed by atoms with Gasteiger partial charge in [-0.2, -0.15) is 0 Å². The zero-order valence-electron chi connectivity index (χ0n) is 9.07. The van der Waals surface area contributed by atoms with E-state index in [1.165, 1.54) is 12.1 Å². The van der Waals surface area contributed by atoms with Crippen LogP contribution in [0.4, 0.5) is 0 Å². The van der Waals surface area contributed by atoms with E-state index in [-0.39, 0.29) is 16.5 Å². The molecule has 1 aromatic carbocycles. The number of rotatable bonds is 6. The molecule has 0 spiro atoms. The van der Waals surface area contributed by atoms with Gasteiger partial charge in [-0.3, -0.25) is 4.79 Å². The summed E-state index contributed by atoms with van der Waals surface area (Å²) in [4.78, 5) is 20.9. The van der Waals surface area contributed by atoms with Crippen molar-refractivity contribution in [3.63, 3.8) is 0 Å². The Hall–Kier alpha value is -1.75. The van der Waals surface area contributed by atoms with E-state index in [4.69, 9.17) is 21.1 Å². The lowest BCUT2D eigenvalue weighted by Gasteiger charge is -2.14. The molecule has 0 aromatic heterocycles. The number of aldehydes is 1. The lowest BCUT2D eigenvalue weighted by Crippen LogP contribution is -2.29. The summed E-state index contributed by atoms with van der Waals surface area (Å²) in [5.41, 5.74) is 0.319. The van der Waals surface area contributed by atoms with E-state index in [0.29, 0.717) is 18.5 Å². The number of carboxylic acid groups (broad SMARTS) is 1. The van der Waals surface area contributed by atoms with Crippen molar-refractivity contribution in [3.05, 3.63) is 22.7 Å². The lowest BCUT2D eigenvalue weighted by molar-refractivity contribution is -0.307. The first-order valence-electron chi connectivity index (χ1n) is 4.82. The lowest BCUT2D eigenvalue weighted by atomic mass is 10.2. The summed E-state index contributed by atoms with van der Waals surface area (Å²) in [6.07, 6.45) is 0.608. The van der Waals surface area contributed by atoms with Gasteiger partial charge < -0.3 is 19.4 Å². The van der Waals surface area contributed by atoms with Gasteiger partial charge in [-0.25, -0.2) is 0 Å². The molecule has 0 saturated carbocycles. The molecule has 0 aliphatic rings. The fourth-order valence-electron chi connectivity index (χ4n) is 1.19. The molecule has 0 atom stereocenters. The summed E-state index contributed by atoms with van der Waals surface area (Å²) in [6.45, 7) is 1.44. The summed E-state index contributed by atoms with van der Waals surface area (Å²) in [5, 5.41) is 10.4. The van der Waals surface area contributed by atoms with Crippen molar-refractivity contribution in [2.75, 3.05) is 13.2 Å². The highest BCUT2D eigenvalue weighted by Gasteiger charge is 2.12. The Bertz CT molecular complexity index is 430. The molecule has 17 heavy (non-hydrogen) atoms. The molecular formula is C11H10ClO5-. The molecule has 0 N–H and O–H groups in total. The maximum Gasteiger partial charge on any atom is 0.180 e. The van der Waals surface area contributed by atoms with Crippen molar-refractivity contribution in [3.8, 4) is 11.5 Å². The van der Waals surface area contributed by atoms with Gasteiger partial charge in [0.1, 0.15) is 12.9 Å². The third-order valence-electron chi connectivity index (χ3n) is 1.80. The molecule has 0 bridgehead atoms. The second kappa shape index (κ2) is 6.10. The van der Waals surface area contributed by atoms with Crippen LogP contribution in [0.1, 0.15) is 17.3 Å². The Morgan fingerprint density at radius 2 is 2.18 bits per heavy atom. The number of benzene rings is 1. The fourth-order valence-corrected chi connectivity index (χ4v) is 1.46. The maximum absolute atomic E-state index is 10.6. The average molecular weight is 258 g/mol. The second-order valence-electron chi connectivity index (χ2n) is 3.04. The molecule has 0 fully saturated rings. The van der Waals surface area contributed by atoms with Gasteiger partial charge in [-0.05, 0) is 19.1 Å². The molecular weight excluding hydrogens is 248 g/mol. The molecule has 92 valence electrons. The Kier molecular flexibility index (Phi) is 4.78. The van der Waals surface area contributed by atoms with Gasteiger partial charge >= 0.3 is 0 Å². The van der Waals surface area contributed by atoms with E-state index < -0.39 is 12.6 Å². The SMILES string of the molecule is CCOc1cc(C=O)cc(Cl)c1OCC(=O)[O-]. The van der Waals surface area contributed by atoms with Crippen molar-refractivity contribution in [2.45, 2.75) is 6.92 Å². The molecule has 1 aromatic rings. The minimum Gasteiger partial charge on any atom is -0.546 e. The predicted octanol–water partition coefficient (Wildman–Crippen LogP) is 0.680. The molecule has 0 radical (unpaired) electrons. The number of halogens is 1. The number of hydrogen-bond donors (Lipinski definition) is 0. The standard InChI is InChI=1S/C11H11ClO5/c1-2-16-9-4-7(5-13)3-8(12)11(9)17-6-10(14)15/h3-5H,2,6H2,1H3,(H,14,15)/p-1. The van der Waals surface area contributed by atoms with Gasteiger partial charge in [0.2, 0.25) is 0 Å². The Morgan fingerprint density at radius 1 is 1.47 bits per heavy atom. The van der Waals surface area contributed by atoms with Crippen LogP contribution in [0.3, 0.4) is 0 Å². The van der Waals surface area contributed by atoms with Gasteiger partial charge in [0.05, 0.1) is 17.6 Å². The van der Waals surface area contributed by atoms with E-state index >= 15 is 0 Å². The van der Waals surface area contributed by atoms with Gasteiger partial charge in [-0.15, -0.1) is 0 Å². The Morgan fingerprint density at radius 3 is 2.71 bits per heavy atom. The highest BCUT2D eigenvalue weighted by Crippen LogP contribution is 2.36. The zero-order chi connectivity index (χ0) is 12.8. The quantitative estimate of drug-likeness (QED) is 0.701. The first-order chi connectivity index (χ1) is 8.08. The number of carbonyl (C=O) groups is 2. The summed E-state index contributed by atoms with van der Waals surface area (Å²) >= 11 is 5.86.